The molecule has 0 unspecified atom stereocenters. The van der Waals surface area contributed by atoms with Gasteiger partial charge in [0.25, 0.3) is 0 Å². The van der Waals surface area contributed by atoms with Gasteiger partial charge in [0.1, 0.15) is 5.54 Å². The first-order valence-corrected chi connectivity index (χ1v) is 6.49. The predicted octanol–water partition coefficient (Wildman–Crippen LogP) is 0.838. The van der Waals surface area contributed by atoms with Crippen molar-refractivity contribution < 1.29 is 20.1 Å². The third-order valence-electron chi connectivity index (χ3n) is 2.61. The van der Waals surface area contributed by atoms with Gasteiger partial charge in [-0.15, -0.1) is 0 Å². The van der Waals surface area contributed by atoms with Gasteiger partial charge in [-0.2, -0.15) is 0 Å². The van der Waals surface area contributed by atoms with Gasteiger partial charge in [0.05, 0.1) is 19.8 Å². The zero-order valence-corrected chi connectivity index (χ0v) is 12.0. The van der Waals surface area contributed by atoms with Gasteiger partial charge in [0.15, 0.2) is 0 Å². The number of hydrogen-bond donors (Lipinski definition) is 4. The van der Waals surface area contributed by atoms with Crippen LogP contribution in [-0.4, -0.2) is 46.6 Å². The van der Waals surface area contributed by atoms with E-state index in [0.717, 1.165) is 0 Å². The van der Waals surface area contributed by atoms with Crippen molar-refractivity contribution in [1.29, 1.82) is 0 Å². The zero-order valence-electron chi connectivity index (χ0n) is 10.5. The lowest BCUT2D eigenvalue weighted by Crippen LogP contribution is -2.56. The van der Waals surface area contributed by atoms with Crippen LogP contribution in [0.2, 0.25) is 10.0 Å². The van der Waals surface area contributed by atoms with Crippen LogP contribution in [-0.2, 0) is 4.79 Å². The summed E-state index contributed by atoms with van der Waals surface area (Å²) in [5.74, 6) is -0.571. The minimum atomic E-state index is -1.45. The Morgan fingerprint density at radius 2 is 1.60 bits per heavy atom. The Bertz CT molecular complexity index is 473. The van der Waals surface area contributed by atoms with E-state index in [1.807, 2.05) is 0 Å². The lowest BCUT2D eigenvalue weighted by Gasteiger charge is -2.27. The highest BCUT2D eigenvalue weighted by atomic mass is 35.5. The first-order valence-electron chi connectivity index (χ1n) is 5.73. The van der Waals surface area contributed by atoms with Crippen LogP contribution in [0.4, 0.5) is 0 Å². The van der Waals surface area contributed by atoms with E-state index < -0.39 is 31.3 Å². The van der Waals surface area contributed by atoms with Gasteiger partial charge in [-0.05, 0) is 29.8 Å². The number of carbonyl (C=O) groups is 1. The third kappa shape index (κ3) is 4.77. The molecule has 0 aliphatic rings. The van der Waals surface area contributed by atoms with Crippen molar-refractivity contribution in [1.82, 2.24) is 5.32 Å². The SMILES string of the molecule is O=C(/C=C/c1cc(Cl)cc(Cl)c1)NC(CO)(CO)CO. The third-order valence-corrected chi connectivity index (χ3v) is 3.04. The van der Waals surface area contributed by atoms with Crippen LogP contribution in [0.15, 0.2) is 24.3 Å². The molecule has 0 aromatic heterocycles. The highest BCUT2D eigenvalue weighted by Crippen LogP contribution is 2.19. The minimum absolute atomic E-state index is 0.438. The molecule has 1 rings (SSSR count). The maximum absolute atomic E-state index is 11.7. The summed E-state index contributed by atoms with van der Waals surface area (Å²) in [4.78, 5) is 11.7. The number of nitrogens with one attached hydrogen (secondary N) is 1. The second kappa shape index (κ2) is 7.61. The molecule has 7 heteroatoms. The molecule has 20 heavy (non-hydrogen) atoms. The van der Waals surface area contributed by atoms with Gasteiger partial charge in [-0.1, -0.05) is 23.2 Å². The molecule has 0 saturated heterocycles. The lowest BCUT2D eigenvalue weighted by atomic mass is 10.0. The van der Waals surface area contributed by atoms with Crippen LogP contribution >= 0.6 is 23.2 Å². The Hall–Kier alpha value is -1.11. The molecule has 0 atom stereocenters. The second-order valence-corrected chi connectivity index (χ2v) is 5.15. The second-order valence-electron chi connectivity index (χ2n) is 4.28. The molecule has 1 aromatic rings. The van der Waals surface area contributed by atoms with Gasteiger partial charge in [0, 0.05) is 16.1 Å². The monoisotopic (exact) mass is 319 g/mol. The molecule has 5 nitrogen and oxygen atoms in total. The Morgan fingerprint density at radius 1 is 1.10 bits per heavy atom. The van der Waals surface area contributed by atoms with E-state index in [1.165, 1.54) is 12.2 Å². The standard InChI is InChI=1S/C13H15Cl2NO4/c14-10-3-9(4-11(15)5-10)1-2-12(20)16-13(6-17,7-18)8-19/h1-5,17-19H,6-8H2,(H,16,20)/b2-1+. The first-order chi connectivity index (χ1) is 9.44. The number of carbonyl (C=O) groups excluding carboxylic acids is 1. The number of amides is 1. The van der Waals surface area contributed by atoms with Crippen molar-refractivity contribution in [3.63, 3.8) is 0 Å². The number of rotatable bonds is 6. The highest BCUT2D eigenvalue weighted by molar-refractivity contribution is 6.34. The average Bonchev–Trinajstić information content (AvgIpc) is 2.42. The van der Waals surface area contributed by atoms with E-state index in [9.17, 15) is 4.79 Å². The topological polar surface area (TPSA) is 89.8 Å². The van der Waals surface area contributed by atoms with Gasteiger partial charge in [-0.3, -0.25) is 4.79 Å². The zero-order chi connectivity index (χ0) is 15.2. The van der Waals surface area contributed by atoms with Crippen molar-refractivity contribution in [2.75, 3.05) is 19.8 Å². The number of halogens is 2. The highest BCUT2D eigenvalue weighted by Gasteiger charge is 2.29. The van der Waals surface area contributed by atoms with E-state index in [0.29, 0.717) is 15.6 Å². The molecule has 0 aliphatic carbocycles. The summed E-state index contributed by atoms with van der Waals surface area (Å²) >= 11 is 11.6. The molecular formula is C13H15Cl2NO4. The molecule has 1 aromatic carbocycles. The van der Waals surface area contributed by atoms with Crippen LogP contribution in [0.1, 0.15) is 5.56 Å². The fourth-order valence-corrected chi connectivity index (χ4v) is 1.96. The van der Waals surface area contributed by atoms with Crippen molar-refractivity contribution in [3.8, 4) is 0 Å². The fourth-order valence-electron chi connectivity index (χ4n) is 1.41. The molecule has 0 heterocycles. The van der Waals surface area contributed by atoms with Crippen molar-refractivity contribution >= 4 is 35.2 Å². The van der Waals surface area contributed by atoms with Crippen LogP contribution in [0.3, 0.4) is 0 Å². The van der Waals surface area contributed by atoms with Crippen LogP contribution in [0.25, 0.3) is 6.08 Å². The molecule has 0 aliphatic heterocycles. The van der Waals surface area contributed by atoms with Gasteiger partial charge in [0.2, 0.25) is 5.91 Å². The smallest absolute Gasteiger partial charge is 0.244 e. The summed E-state index contributed by atoms with van der Waals surface area (Å²) in [6.45, 7) is -1.74. The van der Waals surface area contributed by atoms with Gasteiger partial charge >= 0.3 is 0 Å². The molecule has 1 amide bonds. The van der Waals surface area contributed by atoms with Crippen LogP contribution < -0.4 is 5.32 Å². The predicted molar refractivity (Wildman–Crippen MR) is 77.6 cm³/mol. The Morgan fingerprint density at radius 3 is 2.05 bits per heavy atom. The normalized spacial score (nSPS) is 11.8. The largest absolute Gasteiger partial charge is 0.394 e. The molecule has 0 bridgehead atoms. The molecule has 0 saturated carbocycles. The first kappa shape index (κ1) is 16.9. The molecule has 0 fully saturated rings. The molecule has 0 spiro atoms. The van der Waals surface area contributed by atoms with E-state index >= 15 is 0 Å². The number of hydrogen-bond acceptors (Lipinski definition) is 4. The van der Waals surface area contributed by atoms with Crippen molar-refractivity contribution in [3.05, 3.63) is 39.9 Å². The summed E-state index contributed by atoms with van der Waals surface area (Å²) in [7, 11) is 0. The summed E-state index contributed by atoms with van der Waals surface area (Å²) in [5.41, 5.74) is -0.826. The van der Waals surface area contributed by atoms with E-state index in [4.69, 9.17) is 38.5 Å². The van der Waals surface area contributed by atoms with Gasteiger partial charge in [-0.25, -0.2) is 0 Å². The Labute approximate surface area is 126 Å². The number of aliphatic hydroxyl groups excluding tert-OH is 3. The Kier molecular flexibility index (Phi) is 6.45. The average molecular weight is 320 g/mol. The van der Waals surface area contributed by atoms with Crippen LogP contribution in [0, 0.1) is 0 Å². The van der Waals surface area contributed by atoms with Crippen molar-refractivity contribution in [2.45, 2.75) is 5.54 Å². The summed E-state index contributed by atoms with van der Waals surface area (Å²) in [6, 6.07) is 4.80. The minimum Gasteiger partial charge on any atom is -0.394 e. The Balaban J connectivity index is 2.77. The molecule has 110 valence electrons. The summed E-state index contributed by atoms with van der Waals surface area (Å²) in [6.07, 6.45) is 2.67. The maximum atomic E-state index is 11.7. The quantitative estimate of drug-likeness (QED) is 0.585. The fraction of sp³-hybridized carbons (Fsp3) is 0.308. The van der Waals surface area contributed by atoms with Crippen LogP contribution in [0.5, 0.6) is 0 Å². The number of benzene rings is 1. The molecule has 4 N–H and O–H groups in total. The summed E-state index contributed by atoms with van der Waals surface area (Å²) < 4.78 is 0. The lowest BCUT2D eigenvalue weighted by molar-refractivity contribution is -0.120. The summed E-state index contributed by atoms with van der Waals surface area (Å²) in [5, 5.41) is 30.5. The van der Waals surface area contributed by atoms with E-state index in [-0.39, 0.29) is 0 Å². The maximum Gasteiger partial charge on any atom is 0.244 e. The molecular weight excluding hydrogens is 305 g/mol. The number of aliphatic hydroxyl groups is 3. The van der Waals surface area contributed by atoms with E-state index in [2.05, 4.69) is 5.32 Å². The van der Waals surface area contributed by atoms with Gasteiger partial charge < -0.3 is 20.6 Å². The van der Waals surface area contributed by atoms with Crippen molar-refractivity contribution in [2.24, 2.45) is 0 Å². The molecule has 0 radical (unpaired) electrons. The van der Waals surface area contributed by atoms with E-state index in [1.54, 1.807) is 18.2 Å².